The van der Waals surface area contributed by atoms with Crippen LogP contribution in [0, 0.1) is 11.8 Å². The van der Waals surface area contributed by atoms with Gasteiger partial charge in [-0.15, -0.1) is 0 Å². The molecule has 2 N–H and O–H groups in total. The Balaban J connectivity index is 1.37. The molecule has 0 bridgehead atoms. The molecular weight excluding hydrogens is 268 g/mol. The molecule has 5 nitrogen and oxygen atoms in total. The van der Waals surface area contributed by atoms with Crippen LogP contribution in [0.5, 0.6) is 0 Å². The number of rotatable bonds is 9. The molecule has 5 heteroatoms. The van der Waals surface area contributed by atoms with Crippen molar-refractivity contribution in [3.8, 4) is 0 Å². The van der Waals surface area contributed by atoms with E-state index < -0.39 is 0 Å². The Bertz CT molecular complexity index is 287. The summed E-state index contributed by atoms with van der Waals surface area (Å²) >= 11 is 0. The number of ether oxygens (including phenoxy) is 2. The summed E-state index contributed by atoms with van der Waals surface area (Å²) in [6, 6.07) is 0. The van der Waals surface area contributed by atoms with Crippen LogP contribution in [0.4, 0.5) is 0 Å². The molecule has 1 amide bonds. The van der Waals surface area contributed by atoms with Gasteiger partial charge in [0.25, 0.3) is 0 Å². The summed E-state index contributed by atoms with van der Waals surface area (Å²) in [5.74, 6) is 1.54. The van der Waals surface area contributed by atoms with E-state index in [1.54, 1.807) is 0 Å². The van der Waals surface area contributed by atoms with Gasteiger partial charge in [-0.1, -0.05) is 0 Å². The maximum Gasteiger partial charge on any atom is 0.220 e. The van der Waals surface area contributed by atoms with E-state index in [1.807, 2.05) is 0 Å². The number of nitrogens with one attached hydrogen (secondary N) is 2. The largest absolute Gasteiger partial charge is 0.381 e. The van der Waals surface area contributed by atoms with Crippen molar-refractivity contribution in [2.75, 3.05) is 46.1 Å². The molecule has 2 fully saturated rings. The fraction of sp³-hybridized carbons (Fsp3) is 0.938. The Labute approximate surface area is 128 Å². The fourth-order valence-corrected chi connectivity index (χ4v) is 2.95. The van der Waals surface area contributed by atoms with Gasteiger partial charge in [0.15, 0.2) is 0 Å². The first-order valence-electron chi connectivity index (χ1n) is 8.47. The molecule has 0 aromatic rings. The van der Waals surface area contributed by atoms with Gasteiger partial charge in [-0.3, -0.25) is 4.79 Å². The Hall–Kier alpha value is -0.650. The normalized spacial score (nSPS) is 23.3. The highest BCUT2D eigenvalue weighted by molar-refractivity contribution is 5.75. The van der Waals surface area contributed by atoms with E-state index in [1.165, 1.54) is 6.42 Å². The van der Waals surface area contributed by atoms with Gasteiger partial charge in [-0.25, -0.2) is 0 Å². The second kappa shape index (κ2) is 10.1. The highest BCUT2D eigenvalue weighted by Crippen LogP contribution is 2.15. The van der Waals surface area contributed by atoms with Crippen molar-refractivity contribution < 1.29 is 14.3 Å². The summed E-state index contributed by atoms with van der Waals surface area (Å²) in [5.41, 5.74) is 0. The Morgan fingerprint density at radius 3 is 2.86 bits per heavy atom. The van der Waals surface area contributed by atoms with Crippen molar-refractivity contribution in [3.63, 3.8) is 0 Å². The first kappa shape index (κ1) is 16.7. The molecule has 0 aromatic carbocycles. The summed E-state index contributed by atoms with van der Waals surface area (Å²) in [7, 11) is 0. The molecule has 1 unspecified atom stereocenters. The summed E-state index contributed by atoms with van der Waals surface area (Å²) < 4.78 is 11.0. The first-order valence-corrected chi connectivity index (χ1v) is 8.47. The number of hydrogen-bond acceptors (Lipinski definition) is 4. The van der Waals surface area contributed by atoms with E-state index in [-0.39, 0.29) is 5.91 Å². The third kappa shape index (κ3) is 7.25. The third-order valence-electron chi connectivity index (χ3n) is 4.42. The first-order chi connectivity index (χ1) is 10.3. The van der Waals surface area contributed by atoms with Crippen LogP contribution in [-0.2, 0) is 14.3 Å². The van der Waals surface area contributed by atoms with Gasteiger partial charge in [0, 0.05) is 39.4 Å². The average molecular weight is 298 g/mol. The highest BCUT2D eigenvalue weighted by atomic mass is 16.5. The van der Waals surface area contributed by atoms with Crippen molar-refractivity contribution in [1.29, 1.82) is 0 Å². The van der Waals surface area contributed by atoms with E-state index in [0.717, 1.165) is 71.7 Å². The Kier molecular flexibility index (Phi) is 8.07. The van der Waals surface area contributed by atoms with Crippen LogP contribution in [0.2, 0.25) is 0 Å². The molecule has 0 spiro atoms. The lowest BCUT2D eigenvalue weighted by atomic mass is 10.0. The number of carbonyl (C=O) groups excluding carboxylic acids is 1. The second-order valence-corrected chi connectivity index (χ2v) is 6.23. The molecule has 1 atom stereocenters. The number of carbonyl (C=O) groups is 1. The van der Waals surface area contributed by atoms with E-state index in [2.05, 4.69) is 10.6 Å². The van der Waals surface area contributed by atoms with E-state index in [4.69, 9.17) is 9.47 Å². The minimum Gasteiger partial charge on any atom is -0.381 e. The van der Waals surface area contributed by atoms with Crippen molar-refractivity contribution in [1.82, 2.24) is 10.6 Å². The van der Waals surface area contributed by atoms with Crippen molar-refractivity contribution in [3.05, 3.63) is 0 Å². The van der Waals surface area contributed by atoms with Gasteiger partial charge in [-0.05, 0) is 57.0 Å². The van der Waals surface area contributed by atoms with Gasteiger partial charge in [-0.2, -0.15) is 0 Å². The summed E-state index contributed by atoms with van der Waals surface area (Å²) in [4.78, 5) is 11.7. The molecule has 0 radical (unpaired) electrons. The van der Waals surface area contributed by atoms with Crippen LogP contribution in [0.25, 0.3) is 0 Å². The molecule has 2 rings (SSSR count). The molecule has 0 aromatic heterocycles. The molecule has 0 saturated carbocycles. The molecule has 21 heavy (non-hydrogen) atoms. The van der Waals surface area contributed by atoms with Crippen LogP contribution >= 0.6 is 0 Å². The molecular formula is C16H30N2O3. The lowest BCUT2D eigenvalue weighted by Gasteiger charge is -2.21. The third-order valence-corrected chi connectivity index (χ3v) is 4.42. The molecule has 2 heterocycles. The Morgan fingerprint density at radius 2 is 2.10 bits per heavy atom. The predicted molar refractivity (Wildman–Crippen MR) is 82.2 cm³/mol. The molecule has 2 aliphatic heterocycles. The van der Waals surface area contributed by atoms with Crippen LogP contribution in [0.3, 0.4) is 0 Å². The molecule has 2 aliphatic rings. The minimum atomic E-state index is 0.186. The van der Waals surface area contributed by atoms with Crippen LogP contribution < -0.4 is 10.6 Å². The zero-order valence-electron chi connectivity index (χ0n) is 13.1. The van der Waals surface area contributed by atoms with Crippen LogP contribution in [0.15, 0.2) is 0 Å². The number of amides is 1. The lowest BCUT2D eigenvalue weighted by molar-refractivity contribution is -0.121. The lowest BCUT2D eigenvalue weighted by Crippen LogP contribution is -2.26. The van der Waals surface area contributed by atoms with Gasteiger partial charge in [0.1, 0.15) is 0 Å². The van der Waals surface area contributed by atoms with E-state index in [9.17, 15) is 4.79 Å². The fourth-order valence-electron chi connectivity index (χ4n) is 2.95. The van der Waals surface area contributed by atoms with Gasteiger partial charge >= 0.3 is 0 Å². The van der Waals surface area contributed by atoms with Crippen LogP contribution in [0.1, 0.15) is 38.5 Å². The van der Waals surface area contributed by atoms with Crippen molar-refractivity contribution in [2.24, 2.45) is 11.8 Å². The zero-order valence-corrected chi connectivity index (χ0v) is 13.1. The molecule has 2 saturated heterocycles. The van der Waals surface area contributed by atoms with Crippen molar-refractivity contribution >= 4 is 5.91 Å². The van der Waals surface area contributed by atoms with Crippen LogP contribution in [-0.4, -0.2) is 52.0 Å². The minimum absolute atomic E-state index is 0.186. The molecule has 122 valence electrons. The second-order valence-electron chi connectivity index (χ2n) is 6.23. The van der Waals surface area contributed by atoms with Gasteiger partial charge in [0.05, 0.1) is 0 Å². The maximum atomic E-state index is 11.7. The zero-order chi connectivity index (χ0) is 14.8. The average Bonchev–Trinajstić information content (AvgIpc) is 3.03. The van der Waals surface area contributed by atoms with E-state index in [0.29, 0.717) is 18.3 Å². The summed E-state index contributed by atoms with van der Waals surface area (Å²) in [6.45, 7) is 6.25. The standard InChI is InChI=1S/C16H30N2O3/c19-16(3-2-14-4-8-17-12-14)18-7-1-9-21-13-15-5-10-20-11-6-15/h14-15,17H,1-13H2,(H,18,19). The van der Waals surface area contributed by atoms with E-state index >= 15 is 0 Å². The summed E-state index contributed by atoms with van der Waals surface area (Å²) in [5, 5.41) is 6.32. The van der Waals surface area contributed by atoms with Gasteiger partial charge in [0.2, 0.25) is 5.91 Å². The predicted octanol–water partition coefficient (Wildman–Crippen LogP) is 1.33. The Morgan fingerprint density at radius 1 is 1.24 bits per heavy atom. The van der Waals surface area contributed by atoms with Gasteiger partial charge < -0.3 is 20.1 Å². The van der Waals surface area contributed by atoms with Crippen molar-refractivity contribution in [2.45, 2.75) is 38.5 Å². The SMILES string of the molecule is O=C(CCC1CCNC1)NCCCOCC1CCOCC1. The maximum absolute atomic E-state index is 11.7. The smallest absolute Gasteiger partial charge is 0.220 e. The molecule has 0 aliphatic carbocycles. The number of hydrogen-bond donors (Lipinski definition) is 2. The monoisotopic (exact) mass is 298 g/mol. The summed E-state index contributed by atoms with van der Waals surface area (Å²) in [6.07, 6.45) is 6.03. The topological polar surface area (TPSA) is 59.6 Å². The highest BCUT2D eigenvalue weighted by Gasteiger charge is 2.15. The quantitative estimate of drug-likeness (QED) is 0.630.